The highest BCUT2D eigenvalue weighted by atomic mass is 16.5. The van der Waals surface area contributed by atoms with Gasteiger partial charge in [0, 0.05) is 36.7 Å². The number of H-pyrrole nitrogens is 1. The Morgan fingerprint density at radius 2 is 1.75 bits per heavy atom. The summed E-state index contributed by atoms with van der Waals surface area (Å²) in [4.78, 5) is 24.6. The fraction of sp³-hybridized carbons (Fsp3) is 0.100. The van der Waals surface area contributed by atoms with Crippen molar-refractivity contribution in [3.63, 3.8) is 0 Å². The number of rotatable bonds is 4. The second-order valence-corrected chi connectivity index (χ2v) is 6.49. The maximum atomic E-state index is 12.0. The van der Waals surface area contributed by atoms with Crippen LogP contribution in [0.15, 0.2) is 53.1 Å². The van der Waals surface area contributed by atoms with E-state index in [4.69, 9.17) is 9.63 Å². The van der Waals surface area contributed by atoms with E-state index in [1.807, 2.05) is 0 Å². The van der Waals surface area contributed by atoms with Crippen molar-refractivity contribution >= 4 is 22.8 Å². The lowest BCUT2D eigenvalue weighted by molar-refractivity contribution is 0.0696. The van der Waals surface area contributed by atoms with Crippen molar-refractivity contribution in [2.75, 3.05) is 14.1 Å². The molecule has 2 heterocycles. The van der Waals surface area contributed by atoms with E-state index in [0.717, 1.165) is 10.9 Å². The van der Waals surface area contributed by atoms with E-state index in [0.29, 0.717) is 28.2 Å². The number of carboxylic acids is 1. The minimum atomic E-state index is -1.00. The normalized spacial score (nSPS) is 10.9. The molecule has 0 saturated carbocycles. The Bertz CT molecular complexity index is 1190. The number of carbonyl (C=O) groups is 2. The number of hydrogen-bond donors (Lipinski definition) is 2. The molecule has 0 aliphatic heterocycles. The zero-order valence-corrected chi connectivity index (χ0v) is 15.1. The minimum absolute atomic E-state index is 0.0730. The summed E-state index contributed by atoms with van der Waals surface area (Å²) >= 11 is 0. The van der Waals surface area contributed by atoms with Gasteiger partial charge < -0.3 is 14.5 Å². The van der Waals surface area contributed by atoms with Crippen molar-refractivity contribution in [2.45, 2.75) is 0 Å². The smallest absolute Gasteiger partial charge is 0.335 e. The molecule has 0 spiro atoms. The summed E-state index contributed by atoms with van der Waals surface area (Å²) in [6, 6.07) is 13.6. The minimum Gasteiger partial charge on any atom is -0.478 e. The van der Waals surface area contributed by atoms with Crippen LogP contribution in [0.2, 0.25) is 0 Å². The third kappa shape index (κ3) is 3.01. The zero-order chi connectivity index (χ0) is 19.8. The lowest BCUT2D eigenvalue weighted by Crippen LogP contribution is -2.21. The SMILES string of the molecule is CN(C)C(=O)c1ccc(-c2cc(-c3n[nH]c4cc(C(=O)O)ccc34)on2)cc1. The zero-order valence-electron chi connectivity index (χ0n) is 15.1. The predicted molar refractivity (Wildman–Crippen MR) is 102 cm³/mol. The topological polar surface area (TPSA) is 112 Å². The van der Waals surface area contributed by atoms with Gasteiger partial charge >= 0.3 is 5.97 Å². The Morgan fingerprint density at radius 1 is 1.04 bits per heavy atom. The third-order valence-corrected chi connectivity index (χ3v) is 4.39. The molecule has 8 nitrogen and oxygen atoms in total. The molecule has 0 bridgehead atoms. The summed E-state index contributed by atoms with van der Waals surface area (Å²) in [6.07, 6.45) is 0. The predicted octanol–water partition coefficient (Wildman–Crippen LogP) is 3.28. The molecule has 8 heteroatoms. The number of aromatic nitrogens is 3. The Balaban J connectivity index is 1.65. The molecule has 0 unspecified atom stereocenters. The Labute approximate surface area is 159 Å². The molecule has 0 saturated heterocycles. The van der Waals surface area contributed by atoms with Crippen molar-refractivity contribution in [3.8, 4) is 22.7 Å². The van der Waals surface area contributed by atoms with E-state index in [9.17, 15) is 9.59 Å². The van der Waals surface area contributed by atoms with Gasteiger partial charge in [-0.25, -0.2) is 4.79 Å². The van der Waals surface area contributed by atoms with Gasteiger partial charge in [0.05, 0.1) is 11.1 Å². The van der Waals surface area contributed by atoms with Gasteiger partial charge in [-0.1, -0.05) is 17.3 Å². The number of nitrogens with zero attached hydrogens (tertiary/aromatic N) is 3. The molecule has 0 atom stereocenters. The number of carbonyl (C=O) groups excluding carboxylic acids is 1. The van der Waals surface area contributed by atoms with Crippen molar-refractivity contribution in [1.82, 2.24) is 20.3 Å². The van der Waals surface area contributed by atoms with Crippen LogP contribution in [-0.2, 0) is 0 Å². The van der Waals surface area contributed by atoms with Crippen LogP contribution in [-0.4, -0.2) is 51.3 Å². The molecule has 0 aliphatic carbocycles. The van der Waals surface area contributed by atoms with Crippen LogP contribution in [0.3, 0.4) is 0 Å². The van der Waals surface area contributed by atoms with Crippen LogP contribution < -0.4 is 0 Å². The first-order valence-electron chi connectivity index (χ1n) is 8.44. The van der Waals surface area contributed by atoms with Crippen molar-refractivity contribution < 1.29 is 19.2 Å². The fourth-order valence-corrected chi connectivity index (χ4v) is 2.91. The highest BCUT2D eigenvalue weighted by Crippen LogP contribution is 2.30. The molecule has 2 aromatic heterocycles. The van der Waals surface area contributed by atoms with Gasteiger partial charge in [0.1, 0.15) is 11.4 Å². The van der Waals surface area contributed by atoms with Gasteiger partial charge in [0.2, 0.25) is 0 Å². The quantitative estimate of drug-likeness (QED) is 0.565. The standard InChI is InChI=1S/C20H16N4O4/c1-24(2)19(25)12-5-3-11(4-6-12)15-10-17(28-23-15)18-14-8-7-13(20(26)27)9-16(14)21-22-18/h3-10H,1-2H3,(H,21,22)(H,26,27). The van der Waals surface area contributed by atoms with Crippen LogP contribution in [0.25, 0.3) is 33.6 Å². The van der Waals surface area contributed by atoms with Crippen molar-refractivity contribution in [1.29, 1.82) is 0 Å². The number of hydrogen-bond acceptors (Lipinski definition) is 5. The van der Waals surface area contributed by atoms with E-state index in [1.165, 1.54) is 17.0 Å². The molecule has 2 aromatic carbocycles. The van der Waals surface area contributed by atoms with Gasteiger partial charge in [-0.3, -0.25) is 9.89 Å². The van der Waals surface area contributed by atoms with Crippen LogP contribution in [0.5, 0.6) is 0 Å². The molecule has 1 amide bonds. The number of fused-ring (bicyclic) bond motifs is 1. The van der Waals surface area contributed by atoms with Crippen molar-refractivity contribution in [2.24, 2.45) is 0 Å². The first kappa shape index (κ1) is 17.5. The molecule has 0 aliphatic rings. The van der Waals surface area contributed by atoms with Crippen LogP contribution in [0.1, 0.15) is 20.7 Å². The highest BCUT2D eigenvalue weighted by molar-refractivity contribution is 5.98. The molecular weight excluding hydrogens is 360 g/mol. The molecule has 0 radical (unpaired) electrons. The first-order valence-corrected chi connectivity index (χ1v) is 8.44. The third-order valence-electron chi connectivity index (χ3n) is 4.39. The van der Waals surface area contributed by atoms with E-state index in [1.54, 1.807) is 50.5 Å². The molecular formula is C20H16N4O4. The monoisotopic (exact) mass is 376 g/mol. The van der Waals surface area contributed by atoms with Gasteiger partial charge in [-0.15, -0.1) is 0 Å². The number of amides is 1. The Hall–Kier alpha value is -3.94. The number of aromatic carboxylic acids is 1. The largest absolute Gasteiger partial charge is 0.478 e. The highest BCUT2D eigenvalue weighted by Gasteiger charge is 2.16. The number of aromatic amines is 1. The number of nitrogens with one attached hydrogen (secondary N) is 1. The average molecular weight is 376 g/mol. The summed E-state index contributed by atoms with van der Waals surface area (Å²) in [5.41, 5.74) is 3.32. The van der Waals surface area contributed by atoms with E-state index in [-0.39, 0.29) is 11.5 Å². The lowest BCUT2D eigenvalue weighted by atomic mass is 10.1. The maximum Gasteiger partial charge on any atom is 0.335 e. The lowest BCUT2D eigenvalue weighted by Gasteiger charge is -2.09. The van der Waals surface area contributed by atoms with E-state index >= 15 is 0 Å². The Morgan fingerprint density at radius 3 is 2.43 bits per heavy atom. The molecule has 0 fully saturated rings. The van der Waals surface area contributed by atoms with Crippen LogP contribution >= 0.6 is 0 Å². The summed E-state index contributed by atoms with van der Waals surface area (Å²) in [7, 11) is 3.40. The van der Waals surface area contributed by atoms with E-state index in [2.05, 4.69) is 15.4 Å². The summed E-state index contributed by atoms with van der Waals surface area (Å²) < 4.78 is 5.44. The first-order chi connectivity index (χ1) is 13.4. The van der Waals surface area contributed by atoms with E-state index < -0.39 is 5.97 Å². The molecule has 28 heavy (non-hydrogen) atoms. The summed E-state index contributed by atoms with van der Waals surface area (Å²) in [5, 5.41) is 21.0. The number of benzene rings is 2. The fourth-order valence-electron chi connectivity index (χ4n) is 2.91. The van der Waals surface area contributed by atoms with Crippen LogP contribution in [0, 0.1) is 0 Å². The summed E-state index contributed by atoms with van der Waals surface area (Å²) in [6.45, 7) is 0. The molecule has 4 aromatic rings. The van der Waals surface area contributed by atoms with Gasteiger partial charge in [0.25, 0.3) is 5.91 Å². The number of carboxylic acid groups (broad SMARTS) is 1. The van der Waals surface area contributed by atoms with Gasteiger partial charge in [-0.05, 0) is 30.3 Å². The second kappa shape index (κ2) is 6.66. The Kier molecular flexibility index (Phi) is 4.15. The maximum absolute atomic E-state index is 12.0. The van der Waals surface area contributed by atoms with Gasteiger partial charge in [0.15, 0.2) is 5.76 Å². The van der Waals surface area contributed by atoms with Crippen LogP contribution in [0.4, 0.5) is 0 Å². The molecule has 2 N–H and O–H groups in total. The van der Waals surface area contributed by atoms with Gasteiger partial charge in [-0.2, -0.15) is 5.10 Å². The molecule has 140 valence electrons. The van der Waals surface area contributed by atoms with Crippen molar-refractivity contribution in [3.05, 3.63) is 59.7 Å². The molecule has 4 rings (SSSR count). The second-order valence-electron chi connectivity index (χ2n) is 6.49. The average Bonchev–Trinajstić information content (AvgIpc) is 3.33. The summed E-state index contributed by atoms with van der Waals surface area (Å²) in [5.74, 6) is -0.620.